The predicted octanol–water partition coefficient (Wildman–Crippen LogP) is 3.40. The largest absolute Gasteiger partial charge is 0.457 e. The van der Waals surface area contributed by atoms with E-state index in [1.54, 1.807) is 4.68 Å². The van der Waals surface area contributed by atoms with Crippen LogP contribution >= 0.6 is 0 Å². The zero-order valence-electron chi connectivity index (χ0n) is 18.5. The van der Waals surface area contributed by atoms with Crippen LogP contribution in [0.2, 0.25) is 0 Å². The number of nitrogens with two attached hydrogens (primary N) is 1. The van der Waals surface area contributed by atoms with Crippen LogP contribution in [0.15, 0.2) is 60.9 Å². The molecular formula is C23H24N6O4S. The molecule has 5 rings (SSSR count). The molecule has 10 nitrogen and oxygen atoms in total. The number of anilines is 1. The Labute approximate surface area is 197 Å². The highest BCUT2D eigenvalue weighted by Crippen LogP contribution is 2.35. The summed E-state index contributed by atoms with van der Waals surface area (Å²) < 4.78 is 38.2. The average molecular weight is 481 g/mol. The number of rotatable bonds is 6. The van der Waals surface area contributed by atoms with Crippen LogP contribution < -0.4 is 10.5 Å². The van der Waals surface area contributed by atoms with Crippen LogP contribution in [0.5, 0.6) is 11.5 Å². The fourth-order valence-corrected chi connectivity index (χ4v) is 5.10. The minimum absolute atomic E-state index is 0.218. The number of hydrogen-bond donors (Lipinski definition) is 1. The van der Waals surface area contributed by atoms with Gasteiger partial charge >= 0.3 is 10.3 Å². The van der Waals surface area contributed by atoms with Gasteiger partial charge in [0.2, 0.25) is 0 Å². The minimum atomic E-state index is -3.78. The molecule has 0 spiro atoms. The van der Waals surface area contributed by atoms with Crippen molar-refractivity contribution in [2.45, 2.75) is 18.9 Å². The van der Waals surface area contributed by atoms with E-state index < -0.39 is 10.3 Å². The zero-order chi connectivity index (χ0) is 23.7. The number of para-hydroxylation sites is 1. The van der Waals surface area contributed by atoms with E-state index >= 15 is 0 Å². The van der Waals surface area contributed by atoms with Crippen molar-refractivity contribution in [3.8, 4) is 22.8 Å². The van der Waals surface area contributed by atoms with Gasteiger partial charge in [-0.25, -0.2) is 14.6 Å². The van der Waals surface area contributed by atoms with Gasteiger partial charge in [-0.15, -0.1) is 0 Å². The molecule has 3 heterocycles. The first-order chi connectivity index (χ1) is 16.5. The van der Waals surface area contributed by atoms with Crippen molar-refractivity contribution in [3.05, 3.63) is 60.9 Å². The number of fused-ring (bicyclic) bond motifs is 1. The van der Waals surface area contributed by atoms with Gasteiger partial charge in [0.15, 0.2) is 5.65 Å². The molecule has 2 aromatic carbocycles. The van der Waals surface area contributed by atoms with Crippen LogP contribution in [0.3, 0.4) is 0 Å². The number of aromatic nitrogens is 4. The molecule has 0 bridgehead atoms. The van der Waals surface area contributed by atoms with E-state index in [9.17, 15) is 8.42 Å². The summed E-state index contributed by atoms with van der Waals surface area (Å²) in [5.41, 5.74) is 8.25. The Bertz CT molecular complexity index is 1410. The van der Waals surface area contributed by atoms with Gasteiger partial charge < -0.3 is 10.5 Å². The summed E-state index contributed by atoms with van der Waals surface area (Å²) in [6.45, 7) is 0.638. The van der Waals surface area contributed by atoms with Crippen LogP contribution in [0, 0.1) is 0 Å². The van der Waals surface area contributed by atoms with E-state index in [4.69, 9.17) is 19.8 Å². The van der Waals surface area contributed by atoms with Crippen molar-refractivity contribution in [1.82, 2.24) is 24.1 Å². The molecule has 0 unspecified atom stereocenters. The maximum absolute atomic E-state index is 12.3. The molecule has 1 atom stereocenters. The molecule has 1 aliphatic heterocycles. The van der Waals surface area contributed by atoms with Crippen LogP contribution in [0.1, 0.15) is 18.9 Å². The summed E-state index contributed by atoms with van der Waals surface area (Å²) in [5.74, 6) is 1.75. The van der Waals surface area contributed by atoms with Gasteiger partial charge in [-0.2, -0.15) is 17.8 Å². The van der Waals surface area contributed by atoms with Crippen molar-refractivity contribution < 1.29 is 17.3 Å². The van der Waals surface area contributed by atoms with E-state index in [2.05, 4.69) is 9.97 Å². The van der Waals surface area contributed by atoms with Crippen LogP contribution in [-0.4, -0.2) is 52.7 Å². The second-order valence-corrected chi connectivity index (χ2v) is 9.67. The molecule has 2 aromatic heterocycles. The first kappa shape index (κ1) is 22.3. The molecule has 0 saturated carbocycles. The van der Waals surface area contributed by atoms with E-state index in [-0.39, 0.29) is 12.6 Å². The lowest BCUT2D eigenvalue weighted by atomic mass is 10.1. The molecule has 4 aromatic rings. The fourth-order valence-electron chi connectivity index (χ4n) is 4.19. The summed E-state index contributed by atoms with van der Waals surface area (Å²) in [5, 5.41) is 5.46. The number of benzene rings is 2. The molecule has 11 heteroatoms. The molecule has 1 fully saturated rings. The summed E-state index contributed by atoms with van der Waals surface area (Å²) in [6.07, 6.45) is 2.82. The molecule has 2 N–H and O–H groups in total. The van der Waals surface area contributed by atoms with E-state index in [0.29, 0.717) is 41.3 Å². The highest BCUT2D eigenvalue weighted by Gasteiger charge is 2.32. The van der Waals surface area contributed by atoms with Crippen molar-refractivity contribution in [2.24, 2.45) is 0 Å². The standard InChI is InChI=1S/C23H24N6O4S/c1-32-34(30,31)28-13-5-6-17(14-28)29-23-20(22(24)25-15-26-23)21(27-29)16-9-11-19(12-10-16)33-18-7-3-2-4-8-18/h2-4,7-12,15,17H,5-6,13-14H2,1H3,(H2,24,25,26)/t17-/m1/s1. The lowest BCUT2D eigenvalue weighted by Crippen LogP contribution is -2.41. The average Bonchev–Trinajstić information content (AvgIpc) is 3.26. The Morgan fingerprint density at radius 1 is 1.03 bits per heavy atom. The highest BCUT2D eigenvalue weighted by molar-refractivity contribution is 7.84. The Morgan fingerprint density at radius 2 is 1.76 bits per heavy atom. The van der Waals surface area contributed by atoms with Gasteiger partial charge in [-0.3, -0.25) is 4.18 Å². The van der Waals surface area contributed by atoms with Crippen molar-refractivity contribution in [3.63, 3.8) is 0 Å². The van der Waals surface area contributed by atoms with E-state index in [1.165, 1.54) is 17.7 Å². The second kappa shape index (κ2) is 9.01. The van der Waals surface area contributed by atoms with Gasteiger partial charge in [0.1, 0.15) is 29.3 Å². The van der Waals surface area contributed by atoms with Crippen molar-refractivity contribution in [1.29, 1.82) is 0 Å². The second-order valence-electron chi connectivity index (χ2n) is 7.97. The summed E-state index contributed by atoms with van der Waals surface area (Å²) in [7, 11) is -2.61. The lowest BCUT2D eigenvalue weighted by molar-refractivity contribution is 0.229. The normalized spacial score (nSPS) is 17.1. The Kier molecular flexibility index (Phi) is 5.90. The first-order valence-corrected chi connectivity index (χ1v) is 12.2. The van der Waals surface area contributed by atoms with Crippen LogP contribution in [0.25, 0.3) is 22.3 Å². The monoisotopic (exact) mass is 480 g/mol. The van der Waals surface area contributed by atoms with Gasteiger partial charge in [0.25, 0.3) is 0 Å². The third kappa shape index (κ3) is 4.20. The fraction of sp³-hybridized carbons (Fsp3) is 0.261. The summed E-state index contributed by atoms with van der Waals surface area (Å²) >= 11 is 0. The van der Waals surface area contributed by atoms with Gasteiger partial charge in [0, 0.05) is 18.7 Å². The van der Waals surface area contributed by atoms with E-state index in [0.717, 1.165) is 17.7 Å². The predicted molar refractivity (Wildman–Crippen MR) is 127 cm³/mol. The molecule has 1 aliphatic rings. The maximum atomic E-state index is 12.3. The van der Waals surface area contributed by atoms with Crippen molar-refractivity contribution >= 4 is 27.2 Å². The maximum Gasteiger partial charge on any atom is 0.338 e. The third-order valence-corrected chi connectivity index (χ3v) is 7.24. The Morgan fingerprint density at radius 3 is 2.50 bits per heavy atom. The number of hydrogen-bond acceptors (Lipinski definition) is 8. The summed E-state index contributed by atoms with van der Waals surface area (Å²) in [4.78, 5) is 8.58. The molecule has 1 saturated heterocycles. The zero-order valence-corrected chi connectivity index (χ0v) is 19.4. The Hall–Kier alpha value is -3.54. The smallest absolute Gasteiger partial charge is 0.338 e. The van der Waals surface area contributed by atoms with Crippen molar-refractivity contribution in [2.75, 3.05) is 25.9 Å². The minimum Gasteiger partial charge on any atom is -0.457 e. The molecule has 176 valence electrons. The van der Waals surface area contributed by atoms with Gasteiger partial charge in [-0.1, -0.05) is 18.2 Å². The highest BCUT2D eigenvalue weighted by atomic mass is 32.2. The van der Waals surface area contributed by atoms with Gasteiger partial charge in [0.05, 0.1) is 18.5 Å². The lowest BCUT2D eigenvalue weighted by Gasteiger charge is -2.31. The molecule has 0 radical (unpaired) electrons. The first-order valence-electron chi connectivity index (χ1n) is 10.8. The molecular weight excluding hydrogens is 456 g/mol. The number of nitrogen functional groups attached to an aromatic ring is 1. The quantitative estimate of drug-likeness (QED) is 0.445. The SMILES string of the molecule is COS(=O)(=O)N1CCC[C@@H](n2nc(-c3ccc(Oc4ccccc4)cc3)c3c(N)ncnc32)C1. The topological polar surface area (TPSA) is 125 Å². The van der Waals surface area contributed by atoms with Gasteiger partial charge in [-0.05, 0) is 49.2 Å². The molecule has 0 aliphatic carbocycles. The third-order valence-electron chi connectivity index (χ3n) is 5.86. The number of nitrogens with zero attached hydrogens (tertiary/aromatic N) is 5. The van der Waals surface area contributed by atoms with E-state index in [1.807, 2.05) is 54.6 Å². The Balaban J connectivity index is 1.50. The number of piperidine rings is 1. The summed E-state index contributed by atoms with van der Waals surface area (Å²) in [6, 6.07) is 16.8. The molecule has 0 amide bonds. The van der Waals surface area contributed by atoms with Crippen LogP contribution in [-0.2, 0) is 14.5 Å². The molecule has 34 heavy (non-hydrogen) atoms. The van der Waals surface area contributed by atoms with Crippen LogP contribution in [0.4, 0.5) is 5.82 Å². The number of ether oxygens (including phenoxy) is 1.